The summed E-state index contributed by atoms with van der Waals surface area (Å²) in [6, 6.07) is 18.7. The quantitative estimate of drug-likeness (QED) is 0.482. The molecule has 0 aliphatic carbocycles. The molecule has 0 saturated carbocycles. The van der Waals surface area contributed by atoms with Gasteiger partial charge in [0, 0.05) is 47.7 Å². The average Bonchev–Trinajstić information content (AvgIpc) is 3.50. The van der Waals surface area contributed by atoms with Gasteiger partial charge in [0.25, 0.3) is 5.91 Å². The SMILES string of the molecule is O=C(CCCc1cccs1)Nc1cccc(C(=O)NCc2ccc(N3CCCC3=O)cc2)c1. The van der Waals surface area contributed by atoms with Gasteiger partial charge in [-0.1, -0.05) is 24.3 Å². The molecule has 0 radical (unpaired) electrons. The second kappa shape index (κ2) is 10.9. The maximum Gasteiger partial charge on any atom is 0.251 e. The van der Waals surface area contributed by atoms with Gasteiger partial charge in [-0.05, 0) is 66.6 Å². The van der Waals surface area contributed by atoms with Gasteiger partial charge in [-0.25, -0.2) is 0 Å². The minimum absolute atomic E-state index is 0.0549. The van der Waals surface area contributed by atoms with Gasteiger partial charge in [0.1, 0.15) is 0 Å². The van der Waals surface area contributed by atoms with Crippen LogP contribution in [-0.4, -0.2) is 24.3 Å². The summed E-state index contributed by atoms with van der Waals surface area (Å²) in [5.74, 6) is -0.103. The second-order valence-corrected chi connectivity index (χ2v) is 9.09. The van der Waals surface area contributed by atoms with Gasteiger partial charge in [-0.2, -0.15) is 0 Å². The van der Waals surface area contributed by atoms with Gasteiger partial charge in [0.05, 0.1) is 0 Å². The van der Waals surface area contributed by atoms with Crippen LogP contribution in [0.1, 0.15) is 46.5 Å². The van der Waals surface area contributed by atoms with E-state index in [1.165, 1.54) is 4.88 Å². The Kier molecular flexibility index (Phi) is 7.52. The first-order chi connectivity index (χ1) is 16.1. The van der Waals surface area contributed by atoms with Crippen LogP contribution >= 0.6 is 11.3 Å². The first kappa shape index (κ1) is 22.7. The molecule has 7 heteroatoms. The molecular weight excluding hydrogens is 434 g/mol. The van der Waals surface area contributed by atoms with Crippen molar-refractivity contribution in [2.45, 2.75) is 38.6 Å². The fraction of sp³-hybridized carbons (Fsp3) is 0.269. The predicted molar refractivity (Wildman–Crippen MR) is 132 cm³/mol. The standard InChI is InChI=1S/C26H27N3O3S/c30-24(9-2-7-23-8-4-16-33-23)28-21-6-1-5-20(17-21)26(32)27-18-19-11-13-22(14-12-19)29-15-3-10-25(29)31/h1,4-6,8,11-14,16-17H,2-3,7,9-10,15,18H2,(H,27,32)(H,28,30). The fourth-order valence-corrected chi connectivity index (χ4v) is 4.59. The Hall–Kier alpha value is -3.45. The van der Waals surface area contributed by atoms with E-state index in [4.69, 9.17) is 0 Å². The van der Waals surface area contributed by atoms with E-state index in [-0.39, 0.29) is 17.7 Å². The summed E-state index contributed by atoms with van der Waals surface area (Å²) in [6.45, 7) is 1.14. The first-order valence-corrected chi connectivity index (χ1v) is 12.1. The van der Waals surface area contributed by atoms with Crippen LogP contribution in [-0.2, 0) is 22.6 Å². The van der Waals surface area contributed by atoms with E-state index in [9.17, 15) is 14.4 Å². The maximum absolute atomic E-state index is 12.6. The molecule has 2 N–H and O–H groups in total. The molecule has 3 amide bonds. The fourth-order valence-electron chi connectivity index (χ4n) is 3.84. The third-order valence-electron chi connectivity index (χ3n) is 5.59. The highest BCUT2D eigenvalue weighted by Gasteiger charge is 2.21. The highest BCUT2D eigenvalue weighted by Crippen LogP contribution is 2.21. The lowest BCUT2D eigenvalue weighted by Crippen LogP contribution is -2.24. The van der Waals surface area contributed by atoms with Crippen molar-refractivity contribution in [1.82, 2.24) is 5.32 Å². The van der Waals surface area contributed by atoms with Gasteiger partial charge < -0.3 is 15.5 Å². The number of nitrogens with one attached hydrogen (secondary N) is 2. The van der Waals surface area contributed by atoms with Gasteiger partial charge in [0.2, 0.25) is 11.8 Å². The smallest absolute Gasteiger partial charge is 0.251 e. The van der Waals surface area contributed by atoms with Gasteiger partial charge in [-0.15, -0.1) is 11.3 Å². The lowest BCUT2D eigenvalue weighted by Gasteiger charge is -2.16. The number of nitrogens with zero attached hydrogens (tertiary/aromatic N) is 1. The summed E-state index contributed by atoms with van der Waals surface area (Å²) in [7, 11) is 0. The molecule has 0 bridgehead atoms. The number of anilines is 2. The Morgan fingerprint density at radius 1 is 1.03 bits per heavy atom. The van der Waals surface area contributed by atoms with Gasteiger partial charge in [0.15, 0.2) is 0 Å². The van der Waals surface area contributed by atoms with E-state index >= 15 is 0 Å². The number of benzene rings is 2. The Bertz CT molecular complexity index is 1110. The monoisotopic (exact) mass is 461 g/mol. The number of carbonyl (C=O) groups is 3. The van der Waals surface area contributed by atoms with Crippen LogP contribution in [0, 0.1) is 0 Å². The normalized spacial score (nSPS) is 13.2. The van der Waals surface area contributed by atoms with Gasteiger partial charge in [-0.3, -0.25) is 14.4 Å². The summed E-state index contributed by atoms with van der Waals surface area (Å²) in [6.07, 6.45) is 3.62. The summed E-state index contributed by atoms with van der Waals surface area (Å²) < 4.78 is 0. The molecule has 0 unspecified atom stereocenters. The maximum atomic E-state index is 12.6. The summed E-state index contributed by atoms with van der Waals surface area (Å²) in [4.78, 5) is 39.8. The van der Waals surface area contributed by atoms with Crippen molar-refractivity contribution in [3.63, 3.8) is 0 Å². The molecular formula is C26H27N3O3S. The van der Waals surface area contributed by atoms with E-state index in [0.717, 1.165) is 37.1 Å². The van der Waals surface area contributed by atoms with E-state index in [0.29, 0.717) is 30.6 Å². The number of thiophene rings is 1. The third kappa shape index (κ3) is 6.29. The lowest BCUT2D eigenvalue weighted by molar-refractivity contribution is -0.117. The third-order valence-corrected chi connectivity index (χ3v) is 6.53. The van der Waals surface area contributed by atoms with E-state index in [2.05, 4.69) is 16.7 Å². The van der Waals surface area contributed by atoms with Crippen molar-refractivity contribution in [3.05, 3.63) is 82.0 Å². The highest BCUT2D eigenvalue weighted by molar-refractivity contribution is 7.09. The zero-order valence-corrected chi connectivity index (χ0v) is 19.2. The van der Waals surface area contributed by atoms with Crippen LogP contribution in [0.2, 0.25) is 0 Å². The van der Waals surface area contributed by atoms with Crippen LogP contribution < -0.4 is 15.5 Å². The largest absolute Gasteiger partial charge is 0.348 e. The Labute approximate surface area is 197 Å². The van der Waals surface area contributed by atoms with Crippen LogP contribution in [0.5, 0.6) is 0 Å². The van der Waals surface area contributed by atoms with E-state index < -0.39 is 0 Å². The molecule has 170 valence electrons. The Morgan fingerprint density at radius 3 is 2.61 bits per heavy atom. The first-order valence-electron chi connectivity index (χ1n) is 11.2. The zero-order valence-electron chi connectivity index (χ0n) is 18.4. The molecule has 0 atom stereocenters. The van der Waals surface area contributed by atoms with Crippen molar-refractivity contribution in [1.29, 1.82) is 0 Å². The van der Waals surface area contributed by atoms with Crippen molar-refractivity contribution in [2.75, 3.05) is 16.8 Å². The van der Waals surface area contributed by atoms with Crippen molar-refractivity contribution >= 4 is 40.4 Å². The molecule has 1 aliphatic rings. The molecule has 33 heavy (non-hydrogen) atoms. The number of carbonyl (C=O) groups excluding carboxylic acids is 3. The molecule has 2 heterocycles. The van der Waals surface area contributed by atoms with E-state index in [1.54, 1.807) is 40.5 Å². The topological polar surface area (TPSA) is 78.5 Å². The summed E-state index contributed by atoms with van der Waals surface area (Å²) in [5.41, 5.74) is 2.95. The lowest BCUT2D eigenvalue weighted by atomic mass is 10.1. The van der Waals surface area contributed by atoms with E-state index in [1.807, 2.05) is 35.7 Å². The predicted octanol–water partition coefficient (Wildman–Crippen LogP) is 4.77. The number of rotatable bonds is 9. The summed E-state index contributed by atoms with van der Waals surface area (Å²) >= 11 is 1.70. The second-order valence-electron chi connectivity index (χ2n) is 8.06. The minimum Gasteiger partial charge on any atom is -0.348 e. The van der Waals surface area contributed by atoms with Crippen LogP contribution in [0.4, 0.5) is 11.4 Å². The average molecular weight is 462 g/mol. The molecule has 1 saturated heterocycles. The molecule has 2 aromatic carbocycles. The molecule has 1 aliphatic heterocycles. The molecule has 1 fully saturated rings. The van der Waals surface area contributed by atoms with Crippen molar-refractivity contribution in [2.24, 2.45) is 0 Å². The number of hydrogen-bond donors (Lipinski definition) is 2. The Morgan fingerprint density at radius 2 is 1.88 bits per heavy atom. The molecule has 0 spiro atoms. The minimum atomic E-state index is -0.206. The highest BCUT2D eigenvalue weighted by atomic mass is 32.1. The molecule has 1 aromatic heterocycles. The van der Waals surface area contributed by atoms with Crippen LogP contribution in [0.25, 0.3) is 0 Å². The van der Waals surface area contributed by atoms with Crippen molar-refractivity contribution in [3.8, 4) is 0 Å². The van der Waals surface area contributed by atoms with Gasteiger partial charge >= 0.3 is 0 Å². The molecule has 3 aromatic rings. The van der Waals surface area contributed by atoms with Crippen molar-refractivity contribution < 1.29 is 14.4 Å². The number of hydrogen-bond acceptors (Lipinski definition) is 4. The molecule has 6 nitrogen and oxygen atoms in total. The van der Waals surface area contributed by atoms with Crippen LogP contribution in [0.15, 0.2) is 66.0 Å². The number of amides is 3. The summed E-state index contributed by atoms with van der Waals surface area (Å²) in [5, 5.41) is 7.83. The zero-order chi connectivity index (χ0) is 23.0. The number of aryl methyl sites for hydroxylation is 1. The Balaban J connectivity index is 1.25. The molecule has 4 rings (SSSR count). The van der Waals surface area contributed by atoms with Crippen LogP contribution in [0.3, 0.4) is 0 Å².